The number of ether oxygens (including phenoxy) is 2. The van der Waals surface area contributed by atoms with Gasteiger partial charge in [-0.15, -0.1) is 0 Å². The van der Waals surface area contributed by atoms with Crippen LogP contribution in [0.5, 0.6) is 11.5 Å². The Hall–Kier alpha value is -5.25. The molecule has 2 aliphatic rings. The molecule has 10 heteroatoms. The number of amidine groups is 1. The number of aliphatic imine (C=N–C) groups is 1. The standard InChI is InChI=1S/C28H16F2N6O2/c29-24-12-16(7-10-32-24)21-13-19-23(14-35-21)37-22-6-5-15(17-3-1-9-34-26(17)30)11-18(22)28(19)25-20(4-2-8-33-25)36-27(31)38-28/h1-14H,(H2,31,36). The van der Waals surface area contributed by atoms with E-state index >= 15 is 0 Å². The molecule has 2 aliphatic heterocycles. The van der Waals surface area contributed by atoms with Crippen molar-refractivity contribution >= 4 is 11.7 Å². The summed E-state index contributed by atoms with van der Waals surface area (Å²) in [5.41, 5.74) is 8.62. The molecule has 2 N–H and O–H groups in total. The summed E-state index contributed by atoms with van der Waals surface area (Å²) in [7, 11) is 0. The molecular formula is C28H16F2N6O2. The van der Waals surface area contributed by atoms with Gasteiger partial charge < -0.3 is 15.2 Å². The molecule has 0 radical (unpaired) electrons. The van der Waals surface area contributed by atoms with Gasteiger partial charge in [-0.3, -0.25) is 9.97 Å². The molecule has 7 rings (SSSR count). The maximum absolute atomic E-state index is 14.7. The lowest BCUT2D eigenvalue weighted by atomic mass is 9.78. The second-order valence-corrected chi connectivity index (χ2v) is 8.69. The van der Waals surface area contributed by atoms with Gasteiger partial charge in [-0.2, -0.15) is 13.8 Å². The number of nitrogens with two attached hydrogens (primary N) is 1. The van der Waals surface area contributed by atoms with E-state index in [4.69, 9.17) is 15.2 Å². The molecule has 6 heterocycles. The Morgan fingerprint density at radius 1 is 0.763 bits per heavy atom. The van der Waals surface area contributed by atoms with Crippen LogP contribution in [0.2, 0.25) is 0 Å². The molecule has 1 spiro atoms. The number of halogens is 2. The van der Waals surface area contributed by atoms with Gasteiger partial charge in [-0.1, -0.05) is 6.07 Å². The third kappa shape index (κ3) is 3.23. The van der Waals surface area contributed by atoms with E-state index in [-0.39, 0.29) is 6.02 Å². The summed E-state index contributed by atoms with van der Waals surface area (Å²) >= 11 is 0. The first kappa shape index (κ1) is 22.0. The quantitative estimate of drug-likeness (QED) is 0.326. The van der Waals surface area contributed by atoms with Gasteiger partial charge in [0.25, 0.3) is 6.02 Å². The summed E-state index contributed by atoms with van der Waals surface area (Å²) in [4.78, 5) is 20.9. The van der Waals surface area contributed by atoms with Crippen molar-refractivity contribution in [3.8, 4) is 33.9 Å². The third-order valence-corrected chi connectivity index (χ3v) is 6.53. The highest BCUT2D eigenvalue weighted by atomic mass is 19.1. The molecule has 0 amide bonds. The molecule has 5 aromatic rings. The molecule has 1 unspecified atom stereocenters. The maximum Gasteiger partial charge on any atom is 0.288 e. The summed E-state index contributed by atoms with van der Waals surface area (Å²) < 4.78 is 41.3. The van der Waals surface area contributed by atoms with Gasteiger partial charge in [-0.25, -0.2) is 9.97 Å². The lowest BCUT2D eigenvalue weighted by molar-refractivity contribution is 0.115. The molecule has 184 valence electrons. The molecule has 8 nitrogen and oxygen atoms in total. The Labute approximate surface area is 214 Å². The minimum atomic E-state index is -1.43. The van der Waals surface area contributed by atoms with Crippen molar-refractivity contribution < 1.29 is 18.3 Å². The highest BCUT2D eigenvalue weighted by Gasteiger charge is 2.51. The molecular weight excluding hydrogens is 490 g/mol. The minimum Gasteiger partial charge on any atom is -0.455 e. The van der Waals surface area contributed by atoms with Gasteiger partial charge in [0.15, 0.2) is 5.75 Å². The van der Waals surface area contributed by atoms with E-state index in [0.717, 1.165) is 0 Å². The molecule has 0 saturated carbocycles. The van der Waals surface area contributed by atoms with Gasteiger partial charge in [-0.05, 0) is 54.1 Å². The first-order valence-electron chi connectivity index (χ1n) is 11.6. The maximum atomic E-state index is 14.7. The Bertz CT molecular complexity index is 1790. The van der Waals surface area contributed by atoms with Crippen LogP contribution in [-0.2, 0) is 10.3 Å². The SMILES string of the molecule is NC1=Nc2cccnc2C2(O1)c1cc(-c3cccnc3F)ccc1Oc1cnc(-c3ccnc(F)c3)cc12. The molecule has 1 atom stereocenters. The molecule has 4 aromatic heterocycles. The molecule has 0 aliphatic carbocycles. The van der Waals surface area contributed by atoms with Crippen molar-refractivity contribution in [1.82, 2.24) is 19.9 Å². The summed E-state index contributed by atoms with van der Waals surface area (Å²) in [5.74, 6) is -0.420. The van der Waals surface area contributed by atoms with E-state index in [1.165, 1.54) is 24.7 Å². The van der Waals surface area contributed by atoms with E-state index in [9.17, 15) is 8.78 Å². The van der Waals surface area contributed by atoms with Crippen LogP contribution in [0.25, 0.3) is 22.4 Å². The molecule has 0 fully saturated rings. The topological polar surface area (TPSA) is 108 Å². The van der Waals surface area contributed by atoms with Gasteiger partial charge in [0.1, 0.15) is 11.4 Å². The van der Waals surface area contributed by atoms with Gasteiger partial charge in [0.2, 0.25) is 17.5 Å². The summed E-state index contributed by atoms with van der Waals surface area (Å²) in [6, 6.07) is 16.6. The fourth-order valence-electron chi connectivity index (χ4n) is 4.92. The first-order valence-corrected chi connectivity index (χ1v) is 11.6. The third-order valence-electron chi connectivity index (χ3n) is 6.53. The van der Waals surface area contributed by atoms with Crippen molar-refractivity contribution in [2.24, 2.45) is 10.7 Å². The van der Waals surface area contributed by atoms with E-state index in [1.54, 1.807) is 60.8 Å². The Morgan fingerprint density at radius 2 is 1.61 bits per heavy atom. The number of nitrogens with zero attached hydrogens (tertiary/aromatic N) is 5. The van der Waals surface area contributed by atoms with Crippen LogP contribution in [0.4, 0.5) is 14.5 Å². The molecule has 0 bridgehead atoms. The van der Waals surface area contributed by atoms with Crippen LogP contribution >= 0.6 is 0 Å². The number of hydrogen-bond donors (Lipinski definition) is 1. The fourth-order valence-corrected chi connectivity index (χ4v) is 4.92. The van der Waals surface area contributed by atoms with Crippen LogP contribution in [0.3, 0.4) is 0 Å². The Kier molecular flexibility index (Phi) is 4.71. The van der Waals surface area contributed by atoms with Gasteiger partial charge in [0, 0.05) is 41.3 Å². The lowest BCUT2D eigenvalue weighted by Crippen LogP contribution is -2.42. The lowest BCUT2D eigenvalue weighted by Gasteiger charge is -2.41. The molecule has 0 saturated heterocycles. The highest BCUT2D eigenvalue weighted by molar-refractivity contribution is 5.83. The summed E-state index contributed by atoms with van der Waals surface area (Å²) in [6.45, 7) is 0. The van der Waals surface area contributed by atoms with Crippen LogP contribution < -0.4 is 10.5 Å². The zero-order valence-electron chi connectivity index (χ0n) is 19.5. The summed E-state index contributed by atoms with van der Waals surface area (Å²) in [5, 5.41) is 0. The average Bonchev–Trinajstić information content (AvgIpc) is 2.93. The number of aromatic nitrogens is 4. The van der Waals surface area contributed by atoms with Crippen molar-refractivity contribution in [3.63, 3.8) is 0 Å². The second kappa shape index (κ2) is 8.13. The zero-order chi connectivity index (χ0) is 25.9. The van der Waals surface area contributed by atoms with Crippen molar-refractivity contribution in [3.05, 3.63) is 114 Å². The number of rotatable bonds is 2. The first-order chi connectivity index (χ1) is 18.5. The monoisotopic (exact) mass is 506 g/mol. The van der Waals surface area contributed by atoms with E-state index in [2.05, 4.69) is 24.9 Å². The van der Waals surface area contributed by atoms with Crippen molar-refractivity contribution in [2.75, 3.05) is 0 Å². The Morgan fingerprint density at radius 3 is 2.47 bits per heavy atom. The van der Waals surface area contributed by atoms with Crippen LogP contribution in [-0.4, -0.2) is 26.0 Å². The highest BCUT2D eigenvalue weighted by Crippen LogP contribution is 2.56. The van der Waals surface area contributed by atoms with E-state index in [1.807, 2.05) is 0 Å². The minimum absolute atomic E-state index is 0.0874. The zero-order valence-corrected chi connectivity index (χ0v) is 19.5. The van der Waals surface area contributed by atoms with Crippen LogP contribution in [0.15, 0.2) is 90.4 Å². The Balaban J connectivity index is 1.54. The number of pyridine rings is 4. The van der Waals surface area contributed by atoms with Crippen molar-refractivity contribution in [2.45, 2.75) is 5.60 Å². The number of benzene rings is 1. The number of hydrogen-bond acceptors (Lipinski definition) is 8. The van der Waals surface area contributed by atoms with Crippen LogP contribution in [0, 0.1) is 11.9 Å². The smallest absolute Gasteiger partial charge is 0.288 e. The fraction of sp³-hybridized carbons (Fsp3) is 0.0357. The van der Waals surface area contributed by atoms with E-state index < -0.39 is 17.5 Å². The van der Waals surface area contributed by atoms with Gasteiger partial charge >= 0.3 is 0 Å². The largest absolute Gasteiger partial charge is 0.455 e. The average molecular weight is 506 g/mol. The van der Waals surface area contributed by atoms with E-state index in [0.29, 0.717) is 56.4 Å². The van der Waals surface area contributed by atoms with Gasteiger partial charge in [0.05, 0.1) is 23.1 Å². The second-order valence-electron chi connectivity index (χ2n) is 8.69. The van der Waals surface area contributed by atoms with Crippen LogP contribution in [0.1, 0.15) is 16.8 Å². The van der Waals surface area contributed by atoms with Crippen molar-refractivity contribution in [1.29, 1.82) is 0 Å². The predicted octanol–water partition coefficient (Wildman–Crippen LogP) is 5.25. The number of fused-ring (bicyclic) bond motifs is 6. The molecule has 38 heavy (non-hydrogen) atoms. The molecule has 1 aromatic carbocycles. The predicted molar refractivity (Wildman–Crippen MR) is 134 cm³/mol. The normalized spacial score (nSPS) is 16.9. The summed E-state index contributed by atoms with van der Waals surface area (Å²) in [6.07, 6.45) is 5.91.